The largest absolute Gasteiger partial charge is 0.550 e. The minimum atomic E-state index is -5.32. The number of carbonyl (C=O) groups is 3. The lowest BCUT2D eigenvalue weighted by atomic mass is 9.92. The number of hydrogen-bond donors (Lipinski definition) is 1. The van der Waals surface area contributed by atoms with Gasteiger partial charge in [0.15, 0.2) is 0 Å². The zero-order chi connectivity index (χ0) is 20.8. The van der Waals surface area contributed by atoms with Crippen molar-refractivity contribution in [3.8, 4) is 0 Å². The normalized spacial score (nSPS) is 13.6. The number of benzene rings is 1. The zero-order valence-electron chi connectivity index (χ0n) is 14.7. The average Bonchev–Trinajstić information content (AvgIpc) is 2.59. The van der Waals surface area contributed by atoms with Crippen molar-refractivity contribution in [2.75, 3.05) is 18.1 Å². The molecule has 150 valence electrons. The number of aliphatic carboxylic acids is 1. The number of hydrogen-bond acceptors (Lipinski definition) is 6. The van der Waals surface area contributed by atoms with Crippen molar-refractivity contribution in [2.45, 2.75) is 38.5 Å². The lowest BCUT2D eigenvalue weighted by molar-refractivity contribution is -0.305. The number of esters is 1. The molecule has 1 aromatic carbocycles. The lowest BCUT2D eigenvalue weighted by Gasteiger charge is -2.29. The SMILES string of the molecule is CCOC(=O)[C@@](O)(c1ccc(N(CC)C(=O)CCC(=O)[O-])cc1)C(F)(F)F. The standard InChI is InChI=1S/C17H20F3NO6/c1-3-21(13(22)9-10-14(23)24)12-7-5-11(6-8-12)16(26,17(18,19)20)15(25)27-4-2/h5-8,26H,3-4,9-10H2,1-2H3,(H,23,24)/p-1/t16-/m0/s1. The number of alkyl halides is 3. The number of anilines is 1. The first-order chi connectivity index (χ1) is 12.5. The Hall–Kier alpha value is -2.62. The highest BCUT2D eigenvalue weighted by Crippen LogP contribution is 2.40. The van der Waals surface area contributed by atoms with Crippen LogP contribution in [-0.2, 0) is 24.7 Å². The second-order valence-electron chi connectivity index (χ2n) is 5.49. The monoisotopic (exact) mass is 390 g/mol. The summed E-state index contributed by atoms with van der Waals surface area (Å²) in [6.07, 6.45) is -6.16. The number of ether oxygens (including phenoxy) is 1. The Labute approximate surface area is 153 Å². The van der Waals surface area contributed by atoms with Crippen LogP contribution in [0.4, 0.5) is 18.9 Å². The van der Waals surface area contributed by atoms with Crippen LogP contribution in [0.1, 0.15) is 32.3 Å². The lowest BCUT2D eigenvalue weighted by Crippen LogP contribution is -2.50. The van der Waals surface area contributed by atoms with E-state index in [9.17, 15) is 37.8 Å². The van der Waals surface area contributed by atoms with Crippen LogP contribution in [0.3, 0.4) is 0 Å². The van der Waals surface area contributed by atoms with E-state index in [1.807, 2.05) is 0 Å². The summed E-state index contributed by atoms with van der Waals surface area (Å²) >= 11 is 0. The van der Waals surface area contributed by atoms with Gasteiger partial charge in [-0.2, -0.15) is 13.2 Å². The van der Waals surface area contributed by atoms with Crippen LogP contribution in [0.2, 0.25) is 0 Å². The minimum absolute atomic E-state index is 0.132. The van der Waals surface area contributed by atoms with Gasteiger partial charge in [-0.3, -0.25) is 4.79 Å². The van der Waals surface area contributed by atoms with Crippen LogP contribution >= 0.6 is 0 Å². The van der Waals surface area contributed by atoms with E-state index in [0.29, 0.717) is 0 Å². The molecule has 1 N–H and O–H groups in total. The molecule has 0 saturated carbocycles. The molecule has 0 fully saturated rings. The van der Waals surface area contributed by atoms with Gasteiger partial charge < -0.3 is 24.6 Å². The molecule has 0 saturated heterocycles. The van der Waals surface area contributed by atoms with Gasteiger partial charge in [-0.05, 0) is 32.4 Å². The molecular formula is C17H19F3NO6-. The first-order valence-corrected chi connectivity index (χ1v) is 8.06. The Morgan fingerprint density at radius 2 is 1.67 bits per heavy atom. The van der Waals surface area contributed by atoms with E-state index in [-0.39, 0.29) is 25.3 Å². The smallest absolute Gasteiger partial charge is 0.432 e. The van der Waals surface area contributed by atoms with Gasteiger partial charge in [-0.15, -0.1) is 0 Å². The molecule has 1 amide bonds. The third-order valence-corrected chi connectivity index (χ3v) is 3.74. The summed E-state index contributed by atoms with van der Waals surface area (Å²) in [6.45, 7) is 2.67. The van der Waals surface area contributed by atoms with E-state index in [2.05, 4.69) is 4.74 Å². The van der Waals surface area contributed by atoms with Crippen LogP contribution in [0.25, 0.3) is 0 Å². The molecule has 0 aromatic heterocycles. The molecule has 0 spiro atoms. The van der Waals surface area contributed by atoms with Crippen molar-refractivity contribution in [3.63, 3.8) is 0 Å². The van der Waals surface area contributed by atoms with Crippen molar-refractivity contribution >= 4 is 23.5 Å². The highest BCUT2D eigenvalue weighted by molar-refractivity contribution is 5.94. The van der Waals surface area contributed by atoms with E-state index in [0.717, 1.165) is 29.2 Å². The van der Waals surface area contributed by atoms with Gasteiger partial charge in [0.2, 0.25) is 5.91 Å². The van der Waals surface area contributed by atoms with E-state index < -0.39 is 41.6 Å². The van der Waals surface area contributed by atoms with Gasteiger partial charge in [0.05, 0.1) is 6.61 Å². The molecule has 0 radical (unpaired) electrons. The third-order valence-electron chi connectivity index (χ3n) is 3.74. The van der Waals surface area contributed by atoms with Crippen molar-refractivity contribution < 1.29 is 42.5 Å². The zero-order valence-corrected chi connectivity index (χ0v) is 14.7. The quantitative estimate of drug-likeness (QED) is 0.661. The summed E-state index contributed by atoms with van der Waals surface area (Å²) in [5, 5.41) is 20.5. The summed E-state index contributed by atoms with van der Waals surface area (Å²) in [7, 11) is 0. The van der Waals surface area contributed by atoms with Gasteiger partial charge in [0.25, 0.3) is 5.60 Å². The average molecular weight is 390 g/mol. The fourth-order valence-electron chi connectivity index (χ4n) is 2.36. The number of amides is 1. The highest BCUT2D eigenvalue weighted by Gasteiger charge is 2.62. The van der Waals surface area contributed by atoms with Crippen molar-refractivity contribution in [1.29, 1.82) is 0 Å². The Morgan fingerprint density at radius 3 is 2.07 bits per heavy atom. The molecule has 1 rings (SSSR count). The molecule has 7 nitrogen and oxygen atoms in total. The topological polar surface area (TPSA) is 107 Å². The van der Waals surface area contributed by atoms with Crippen molar-refractivity contribution in [2.24, 2.45) is 0 Å². The molecule has 10 heteroatoms. The fraction of sp³-hybridized carbons (Fsp3) is 0.471. The van der Waals surface area contributed by atoms with Gasteiger partial charge in [-0.25, -0.2) is 4.79 Å². The number of carboxylic acid groups (broad SMARTS) is 1. The Balaban J connectivity index is 3.18. The van der Waals surface area contributed by atoms with Gasteiger partial charge in [0.1, 0.15) is 0 Å². The highest BCUT2D eigenvalue weighted by atomic mass is 19.4. The maximum absolute atomic E-state index is 13.3. The van der Waals surface area contributed by atoms with E-state index in [1.54, 1.807) is 6.92 Å². The number of carboxylic acids is 1. The first-order valence-electron chi connectivity index (χ1n) is 8.06. The molecular weight excluding hydrogens is 371 g/mol. The fourth-order valence-corrected chi connectivity index (χ4v) is 2.36. The maximum atomic E-state index is 13.3. The molecule has 1 aromatic rings. The Bertz CT molecular complexity index is 689. The Kier molecular flexibility index (Phi) is 7.35. The number of aliphatic hydroxyl groups is 1. The second kappa shape index (κ2) is 8.85. The number of rotatable bonds is 8. The van der Waals surface area contributed by atoms with E-state index >= 15 is 0 Å². The molecule has 0 aliphatic heterocycles. The number of halogens is 3. The van der Waals surface area contributed by atoms with Gasteiger partial charge in [0, 0.05) is 30.2 Å². The summed E-state index contributed by atoms with van der Waals surface area (Å²) in [5.74, 6) is -3.83. The number of nitrogens with zero attached hydrogens (tertiary/aromatic N) is 1. The van der Waals surface area contributed by atoms with E-state index in [4.69, 9.17) is 0 Å². The first kappa shape index (κ1) is 22.4. The summed E-state index contributed by atoms with van der Waals surface area (Å²) < 4.78 is 44.3. The molecule has 0 unspecified atom stereocenters. The summed E-state index contributed by atoms with van der Waals surface area (Å²) in [5.41, 5.74) is -4.44. The van der Waals surface area contributed by atoms with E-state index in [1.165, 1.54) is 6.92 Å². The predicted octanol–water partition coefficient (Wildman–Crippen LogP) is 0.883. The van der Waals surface area contributed by atoms with Crippen LogP contribution < -0.4 is 10.0 Å². The van der Waals surface area contributed by atoms with Crippen LogP contribution in [0, 0.1) is 0 Å². The van der Waals surface area contributed by atoms with Crippen LogP contribution in [-0.4, -0.2) is 42.3 Å². The molecule has 27 heavy (non-hydrogen) atoms. The van der Waals surface area contributed by atoms with Gasteiger partial charge >= 0.3 is 12.1 Å². The third kappa shape index (κ3) is 4.97. The van der Waals surface area contributed by atoms with Crippen molar-refractivity contribution in [3.05, 3.63) is 29.8 Å². The van der Waals surface area contributed by atoms with Crippen LogP contribution in [0.15, 0.2) is 24.3 Å². The maximum Gasteiger partial charge on any atom is 0.432 e. The molecule has 1 atom stereocenters. The summed E-state index contributed by atoms with van der Waals surface area (Å²) in [4.78, 5) is 35.4. The molecule has 0 bridgehead atoms. The Morgan fingerprint density at radius 1 is 1.11 bits per heavy atom. The predicted molar refractivity (Wildman–Crippen MR) is 85.3 cm³/mol. The molecule has 0 aliphatic rings. The molecule has 0 aliphatic carbocycles. The molecule has 0 heterocycles. The summed E-state index contributed by atoms with van der Waals surface area (Å²) in [6, 6.07) is 3.94. The number of carbonyl (C=O) groups excluding carboxylic acids is 3. The second-order valence-corrected chi connectivity index (χ2v) is 5.49. The van der Waals surface area contributed by atoms with Gasteiger partial charge in [-0.1, -0.05) is 12.1 Å². The minimum Gasteiger partial charge on any atom is -0.550 e. The van der Waals surface area contributed by atoms with Crippen molar-refractivity contribution in [1.82, 2.24) is 0 Å². The van der Waals surface area contributed by atoms with Crippen LogP contribution in [0.5, 0.6) is 0 Å².